The molecule has 90 valence electrons. The van der Waals surface area contributed by atoms with Gasteiger partial charge in [-0.3, -0.25) is 0 Å². The summed E-state index contributed by atoms with van der Waals surface area (Å²) in [5, 5.41) is 1.78. The zero-order valence-electron chi connectivity index (χ0n) is 9.17. The van der Waals surface area contributed by atoms with Crippen LogP contribution in [0.25, 0.3) is 0 Å². The van der Waals surface area contributed by atoms with Crippen LogP contribution in [0, 0.1) is 5.92 Å². The minimum absolute atomic E-state index is 0.120. The second-order valence-electron chi connectivity index (χ2n) is 4.22. The number of nitrogens with zero attached hydrogens (tertiary/aromatic N) is 1. The van der Waals surface area contributed by atoms with Gasteiger partial charge in [-0.05, 0) is 23.8 Å². The van der Waals surface area contributed by atoms with Crippen LogP contribution in [-0.2, 0) is 10.0 Å². The lowest BCUT2D eigenvalue weighted by atomic mass is 9.96. The highest BCUT2D eigenvalue weighted by molar-refractivity contribution is 7.91. The molecule has 2 heterocycles. The van der Waals surface area contributed by atoms with E-state index in [2.05, 4.69) is 0 Å². The summed E-state index contributed by atoms with van der Waals surface area (Å²) in [6, 6.07) is 3.53. The van der Waals surface area contributed by atoms with Gasteiger partial charge >= 0.3 is 0 Å². The van der Waals surface area contributed by atoms with Crippen molar-refractivity contribution in [1.29, 1.82) is 0 Å². The van der Waals surface area contributed by atoms with E-state index >= 15 is 0 Å². The summed E-state index contributed by atoms with van der Waals surface area (Å²) in [6.07, 6.45) is 0.742. The zero-order chi connectivity index (χ0) is 11.8. The van der Waals surface area contributed by atoms with Crippen molar-refractivity contribution in [1.82, 2.24) is 4.31 Å². The average molecular weight is 260 g/mol. The molecule has 1 saturated heterocycles. The van der Waals surface area contributed by atoms with Crippen molar-refractivity contribution in [3.05, 3.63) is 17.5 Å². The maximum absolute atomic E-state index is 12.2. The number of thiophene rings is 1. The maximum Gasteiger partial charge on any atom is 0.252 e. The van der Waals surface area contributed by atoms with Gasteiger partial charge in [0.05, 0.1) is 0 Å². The molecule has 0 radical (unpaired) electrons. The fourth-order valence-corrected chi connectivity index (χ4v) is 4.58. The molecule has 1 fully saturated rings. The summed E-state index contributed by atoms with van der Waals surface area (Å²) in [5.74, 6) is 0.225. The molecule has 2 N–H and O–H groups in total. The molecule has 0 spiro atoms. The van der Waals surface area contributed by atoms with Crippen molar-refractivity contribution in [3.8, 4) is 0 Å². The molecular weight excluding hydrogens is 244 g/mol. The third-order valence-electron chi connectivity index (χ3n) is 3.02. The monoisotopic (exact) mass is 260 g/mol. The largest absolute Gasteiger partial charge is 0.327 e. The van der Waals surface area contributed by atoms with Gasteiger partial charge in [0, 0.05) is 19.1 Å². The van der Waals surface area contributed by atoms with Crippen molar-refractivity contribution in [3.63, 3.8) is 0 Å². The number of hydrogen-bond donors (Lipinski definition) is 1. The number of sulfonamides is 1. The smallest absolute Gasteiger partial charge is 0.252 e. The van der Waals surface area contributed by atoms with Crippen molar-refractivity contribution < 1.29 is 8.42 Å². The summed E-state index contributed by atoms with van der Waals surface area (Å²) in [4.78, 5) is 0. The molecule has 2 rings (SSSR count). The molecule has 1 aromatic rings. The Kier molecular flexibility index (Phi) is 3.34. The van der Waals surface area contributed by atoms with Gasteiger partial charge in [0.25, 0.3) is 10.0 Å². The van der Waals surface area contributed by atoms with Crippen molar-refractivity contribution in [2.75, 3.05) is 13.1 Å². The Morgan fingerprint density at radius 1 is 1.56 bits per heavy atom. The van der Waals surface area contributed by atoms with E-state index in [9.17, 15) is 8.42 Å². The first-order chi connectivity index (χ1) is 7.51. The van der Waals surface area contributed by atoms with Gasteiger partial charge in [0.2, 0.25) is 0 Å². The van der Waals surface area contributed by atoms with E-state index in [-0.39, 0.29) is 12.0 Å². The Hall–Kier alpha value is -0.430. The Balaban J connectivity index is 2.20. The van der Waals surface area contributed by atoms with Crippen LogP contribution in [-0.4, -0.2) is 31.9 Å². The summed E-state index contributed by atoms with van der Waals surface area (Å²) in [7, 11) is -3.28. The van der Waals surface area contributed by atoms with Crippen LogP contribution in [0.4, 0.5) is 0 Å². The highest BCUT2D eigenvalue weighted by Crippen LogP contribution is 2.25. The minimum atomic E-state index is -3.28. The Morgan fingerprint density at radius 2 is 2.31 bits per heavy atom. The van der Waals surface area contributed by atoms with Gasteiger partial charge in [0.15, 0.2) is 0 Å². The summed E-state index contributed by atoms with van der Waals surface area (Å²) >= 11 is 1.26. The number of hydrogen-bond acceptors (Lipinski definition) is 4. The zero-order valence-corrected chi connectivity index (χ0v) is 10.8. The van der Waals surface area contributed by atoms with E-state index in [4.69, 9.17) is 5.73 Å². The first-order valence-corrected chi connectivity index (χ1v) is 7.63. The molecule has 0 saturated carbocycles. The van der Waals surface area contributed by atoms with Crippen molar-refractivity contribution >= 4 is 21.4 Å². The van der Waals surface area contributed by atoms with E-state index in [1.165, 1.54) is 11.3 Å². The predicted molar refractivity (Wildman–Crippen MR) is 64.8 cm³/mol. The molecule has 4 nitrogen and oxygen atoms in total. The summed E-state index contributed by atoms with van der Waals surface area (Å²) in [5.41, 5.74) is 5.88. The van der Waals surface area contributed by atoms with Crippen molar-refractivity contribution in [2.24, 2.45) is 11.7 Å². The first-order valence-electron chi connectivity index (χ1n) is 5.31. The Bertz CT molecular complexity index is 441. The Morgan fingerprint density at radius 3 is 2.88 bits per heavy atom. The van der Waals surface area contributed by atoms with Gasteiger partial charge in [-0.2, -0.15) is 4.31 Å². The average Bonchev–Trinajstić information content (AvgIpc) is 2.75. The van der Waals surface area contributed by atoms with Crippen LogP contribution >= 0.6 is 11.3 Å². The van der Waals surface area contributed by atoms with Crippen LogP contribution in [0.1, 0.15) is 13.3 Å². The van der Waals surface area contributed by atoms with Crippen LogP contribution in [0.5, 0.6) is 0 Å². The lowest BCUT2D eigenvalue weighted by Gasteiger charge is -2.33. The molecule has 1 aromatic heterocycles. The van der Waals surface area contributed by atoms with Gasteiger partial charge < -0.3 is 5.73 Å². The maximum atomic E-state index is 12.2. The van der Waals surface area contributed by atoms with Crippen molar-refractivity contribution in [2.45, 2.75) is 23.6 Å². The quantitative estimate of drug-likeness (QED) is 0.866. The highest BCUT2D eigenvalue weighted by Gasteiger charge is 2.32. The van der Waals surface area contributed by atoms with E-state index in [0.29, 0.717) is 17.3 Å². The molecule has 1 aliphatic heterocycles. The molecule has 2 atom stereocenters. The van der Waals surface area contributed by atoms with E-state index in [1.54, 1.807) is 21.8 Å². The molecule has 2 unspecified atom stereocenters. The van der Waals surface area contributed by atoms with Gasteiger partial charge in [-0.1, -0.05) is 13.0 Å². The standard InChI is InChI=1S/C10H16N2O2S2/c1-8-7-12(5-4-9(8)11)16(13,14)10-3-2-6-15-10/h2-3,6,8-9H,4-5,7,11H2,1H3. The molecule has 6 heteroatoms. The third kappa shape index (κ3) is 2.15. The predicted octanol–water partition coefficient (Wildman–Crippen LogP) is 1.11. The van der Waals surface area contributed by atoms with Gasteiger partial charge in [-0.15, -0.1) is 11.3 Å². The minimum Gasteiger partial charge on any atom is -0.327 e. The second-order valence-corrected chi connectivity index (χ2v) is 7.34. The summed E-state index contributed by atoms with van der Waals surface area (Å²) < 4.78 is 26.4. The lowest BCUT2D eigenvalue weighted by molar-refractivity contribution is 0.250. The number of rotatable bonds is 2. The summed E-state index contributed by atoms with van der Waals surface area (Å²) in [6.45, 7) is 3.06. The van der Waals surface area contributed by atoms with Crippen LogP contribution in [0.3, 0.4) is 0 Å². The fourth-order valence-electron chi connectivity index (χ4n) is 1.88. The normalized spacial score (nSPS) is 28.1. The first kappa shape index (κ1) is 12.0. The van der Waals surface area contributed by atoms with Crippen LogP contribution < -0.4 is 5.73 Å². The SMILES string of the molecule is CC1CN(S(=O)(=O)c2cccs2)CCC1N. The highest BCUT2D eigenvalue weighted by atomic mass is 32.2. The second kappa shape index (κ2) is 4.44. The molecule has 0 aliphatic carbocycles. The molecular formula is C10H16N2O2S2. The molecule has 0 amide bonds. The topological polar surface area (TPSA) is 63.4 Å². The number of nitrogens with two attached hydrogens (primary N) is 1. The molecule has 0 bridgehead atoms. The van der Waals surface area contributed by atoms with E-state index < -0.39 is 10.0 Å². The Labute approximate surface area is 100 Å². The van der Waals surface area contributed by atoms with Gasteiger partial charge in [-0.25, -0.2) is 8.42 Å². The third-order valence-corrected chi connectivity index (χ3v) is 6.26. The van der Waals surface area contributed by atoms with Crippen LogP contribution in [0.2, 0.25) is 0 Å². The lowest BCUT2D eigenvalue weighted by Crippen LogP contribution is -2.47. The number of piperidine rings is 1. The molecule has 1 aliphatic rings. The fraction of sp³-hybridized carbons (Fsp3) is 0.600. The van der Waals surface area contributed by atoms with E-state index in [0.717, 1.165) is 6.42 Å². The van der Waals surface area contributed by atoms with Gasteiger partial charge in [0.1, 0.15) is 4.21 Å². The van der Waals surface area contributed by atoms with E-state index in [1.807, 2.05) is 6.92 Å². The molecule has 16 heavy (non-hydrogen) atoms. The van der Waals surface area contributed by atoms with Crippen LogP contribution in [0.15, 0.2) is 21.7 Å². The molecule has 0 aromatic carbocycles.